The third-order valence-electron chi connectivity index (χ3n) is 5.44. The van der Waals surface area contributed by atoms with Crippen LogP contribution in [0, 0.1) is 0 Å². The van der Waals surface area contributed by atoms with Gasteiger partial charge in [0, 0.05) is 14.2 Å². The van der Waals surface area contributed by atoms with E-state index in [-0.39, 0.29) is 49.8 Å². The molecule has 8 heteroatoms. The molecule has 4 bridgehead atoms. The van der Waals surface area contributed by atoms with Crippen molar-refractivity contribution in [3.63, 3.8) is 0 Å². The first kappa shape index (κ1) is 15.9. The molecule has 0 saturated carbocycles. The number of hydrogen-bond donors (Lipinski definition) is 2. The van der Waals surface area contributed by atoms with E-state index >= 15 is 0 Å². The molecular formula is C16H28O8. The lowest BCUT2D eigenvalue weighted by Crippen LogP contribution is -2.45. The Hall–Kier alpha value is -0.320. The van der Waals surface area contributed by atoms with Crippen molar-refractivity contribution in [3.05, 3.63) is 0 Å². The Kier molecular flexibility index (Phi) is 4.48. The Bertz CT molecular complexity index is 443. The molecule has 4 fully saturated rings. The minimum absolute atomic E-state index is 0.0138. The average Bonchev–Trinajstić information content (AvgIpc) is 3.28. The average molecular weight is 352 g/mol. The molecule has 0 radical (unpaired) electrons. The first-order valence-corrected chi connectivity index (χ1v) is 8.27. The van der Waals surface area contributed by atoms with E-state index < -0.39 is 11.2 Å². The Morgan fingerprint density at radius 1 is 0.917 bits per heavy atom. The van der Waals surface area contributed by atoms with Crippen molar-refractivity contribution in [1.82, 2.24) is 0 Å². The van der Waals surface area contributed by atoms with Crippen molar-refractivity contribution in [2.75, 3.05) is 40.6 Å². The molecule has 24 heavy (non-hydrogen) atoms. The maximum absolute atomic E-state index is 6.75. The number of ether oxygens (including phenoxy) is 6. The van der Waals surface area contributed by atoms with E-state index in [0.717, 1.165) is 0 Å². The first-order valence-electron chi connectivity index (χ1n) is 9.09. The van der Waals surface area contributed by atoms with E-state index in [2.05, 4.69) is 10.2 Å². The molecule has 4 aliphatic rings. The smallest absolute Gasteiger partial charge is 0.210 e. The highest BCUT2D eigenvalue weighted by atomic mass is 16.7. The second-order valence-electron chi connectivity index (χ2n) is 6.93. The van der Waals surface area contributed by atoms with Gasteiger partial charge in [-0.05, 0) is 13.8 Å². The van der Waals surface area contributed by atoms with Gasteiger partial charge < -0.3 is 38.6 Å². The highest BCUT2D eigenvalue weighted by Crippen LogP contribution is 2.41. The SMILES string of the molecule is [3H]OC[C@@]12CO[C@@H]([C@H](C)O1)[C@@H]2OC.[3H]OC[C@]12CO[C@H]([C@H](C)O1)[C@H]2OC. The number of hydrogen-bond acceptors (Lipinski definition) is 8. The fourth-order valence-corrected chi connectivity index (χ4v) is 4.27. The molecule has 4 saturated heterocycles. The summed E-state index contributed by atoms with van der Waals surface area (Å²) in [4.78, 5) is 0. The van der Waals surface area contributed by atoms with E-state index in [1.165, 1.54) is 0 Å². The van der Waals surface area contributed by atoms with E-state index in [1.807, 2.05) is 13.8 Å². The van der Waals surface area contributed by atoms with Crippen LogP contribution in [0.25, 0.3) is 0 Å². The number of aliphatic hydroxyl groups is 2. The number of rotatable bonds is 6. The van der Waals surface area contributed by atoms with Crippen LogP contribution in [-0.2, 0) is 28.4 Å². The lowest BCUT2D eigenvalue weighted by atomic mass is 10.00. The Morgan fingerprint density at radius 3 is 1.62 bits per heavy atom. The van der Waals surface area contributed by atoms with Gasteiger partial charge in [-0.15, -0.1) is 0 Å². The van der Waals surface area contributed by atoms with Crippen LogP contribution in [-0.4, -0.2) is 102 Å². The second-order valence-corrected chi connectivity index (χ2v) is 6.93. The Morgan fingerprint density at radius 2 is 1.33 bits per heavy atom. The number of fused-ring (bicyclic) bond motifs is 4. The van der Waals surface area contributed by atoms with Crippen LogP contribution in [0.2, 0.25) is 0 Å². The molecule has 0 aliphatic carbocycles. The zero-order valence-corrected chi connectivity index (χ0v) is 14.6. The highest BCUT2D eigenvalue weighted by molar-refractivity contribution is 5.08. The lowest BCUT2D eigenvalue weighted by molar-refractivity contribution is -0.156. The second kappa shape index (κ2) is 6.77. The number of aliphatic hydroxyl groups excluding tert-OH is 2. The lowest BCUT2D eigenvalue weighted by Gasteiger charge is -2.27. The third kappa shape index (κ3) is 2.60. The molecular weight excluding hydrogens is 320 g/mol. The molecule has 0 unspecified atom stereocenters. The van der Waals surface area contributed by atoms with Crippen molar-refractivity contribution >= 4 is 0 Å². The first-order chi connectivity index (χ1) is 12.5. The molecule has 4 rings (SSSR count). The van der Waals surface area contributed by atoms with Crippen molar-refractivity contribution in [2.24, 2.45) is 0 Å². The molecule has 8 atom stereocenters. The molecule has 0 aromatic carbocycles. The highest BCUT2D eigenvalue weighted by Gasteiger charge is 2.61. The summed E-state index contributed by atoms with van der Waals surface area (Å²) in [5, 5.41) is 8.78. The molecule has 8 nitrogen and oxygen atoms in total. The van der Waals surface area contributed by atoms with Crippen molar-refractivity contribution in [3.8, 4) is 0 Å². The summed E-state index contributed by atoms with van der Waals surface area (Å²) in [7, 11) is 3.26. The van der Waals surface area contributed by atoms with Crippen LogP contribution in [0.3, 0.4) is 0 Å². The van der Waals surface area contributed by atoms with E-state index in [0.29, 0.717) is 13.2 Å². The molecule has 0 aromatic rings. The van der Waals surface area contributed by atoms with Gasteiger partial charge in [-0.25, -0.2) is 0 Å². The minimum Gasteiger partial charge on any atom is -0.393 e. The van der Waals surface area contributed by atoms with Crippen LogP contribution in [0.4, 0.5) is 0 Å². The molecule has 0 spiro atoms. The molecule has 2 N–H and O–H groups in total. The van der Waals surface area contributed by atoms with Gasteiger partial charge in [-0.3, -0.25) is 0 Å². The zero-order chi connectivity index (χ0) is 18.9. The summed E-state index contributed by atoms with van der Waals surface area (Å²) in [5.74, 6) is 0. The quantitative estimate of drug-likeness (QED) is 0.635. The Balaban J connectivity index is 0.000000151. The van der Waals surface area contributed by atoms with Gasteiger partial charge in [0.2, 0.25) is 2.86 Å². The van der Waals surface area contributed by atoms with Gasteiger partial charge in [0.25, 0.3) is 0 Å². The molecule has 4 heterocycles. The van der Waals surface area contributed by atoms with Gasteiger partial charge in [0.15, 0.2) is 0 Å². The largest absolute Gasteiger partial charge is 0.393 e. The fourth-order valence-electron chi connectivity index (χ4n) is 4.27. The standard InChI is InChI=1S/2C8H14O4/c2*1-5-6-7(10-2)8(3-9,12-5)4-11-6/h2*5-7,9H,3-4H2,1-2H3/t5-,6+,7+,8+;5-,6-,7-,8-/m00/s1/i2*9T. The predicted molar refractivity (Wildman–Crippen MR) is 81.8 cm³/mol. The molecule has 140 valence electrons. The zero-order valence-electron chi connectivity index (χ0n) is 16.6. The van der Waals surface area contributed by atoms with Gasteiger partial charge in [0.1, 0.15) is 35.6 Å². The van der Waals surface area contributed by atoms with Crippen LogP contribution in [0.5, 0.6) is 0 Å². The summed E-state index contributed by atoms with van der Waals surface area (Å²) < 4.78 is 46.5. The van der Waals surface area contributed by atoms with E-state index in [9.17, 15) is 0 Å². The summed E-state index contributed by atoms with van der Waals surface area (Å²) in [6.45, 7) is 5.21. The molecule has 0 aromatic heterocycles. The maximum Gasteiger partial charge on any atom is 0.210 e. The summed E-state index contributed by atoms with van der Waals surface area (Å²) in [6.07, 6.45) is -0.191. The van der Waals surface area contributed by atoms with Gasteiger partial charge >= 0.3 is 0 Å². The monoisotopic (exact) mass is 352 g/mol. The van der Waals surface area contributed by atoms with Gasteiger partial charge in [-0.1, -0.05) is 0 Å². The van der Waals surface area contributed by atoms with E-state index in [4.69, 9.17) is 31.3 Å². The minimum atomic E-state index is -0.555. The Labute approximate surface area is 144 Å². The van der Waals surface area contributed by atoms with Gasteiger partial charge in [0.05, 0.1) is 38.6 Å². The van der Waals surface area contributed by atoms with Crippen molar-refractivity contribution < 1.29 is 38.6 Å². The molecule has 4 aliphatic heterocycles. The van der Waals surface area contributed by atoms with Crippen LogP contribution in [0.15, 0.2) is 0 Å². The summed E-state index contributed by atoms with van der Waals surface area (Å²) in [5.41, 5.74) is -1.11. The topological polar surface area (TPSA) is 95.8 Å². The number of methoxy groups -OCH3 is 2. The summed E-state index contributed by atoms with van der Waals surface area (Å²) in [6, 6.07) is 0. The van der Waals surface area contributed by atoms with Crippen LogP contribution >= 0.6 is 0 Å². The van der Waals surface area contributed by atoms with Crippen LogP contribution in [0.1, 0.15) is 13.8 Å². The van der Waals surface area contributed by atoms with E-state index in [1.54, 1.807) is 14.2 Å². The maximum atomic E-state index is 6.75. The van der Waals surface area contributed by atoms with Crippen molar-refractivity contribution in [1.29, 1.82) is 2.86 Å². The molecule has 0 amide bonds. The summed E-state index contributed by atoms with van der Waals surface area (Å²) >= 11 is 0. The van der Waals surface area contributed by atoms with Crippen LogP contribution < -0.4 is 0 Å². The van der Waals surface area contributed by atoms with Crippen molar-refractivity contribution in [2.45, 2.75) is 61.7 Å². The normalized spacial score (nSPS) is 52.8. The third-order valence-corrected chi connectivity index (χ3v) is 5.44. The fraction of sp³-hybridized carbons (Fsp3) is 1.00. The predicted octanol–water partition coefficient (Wildman–Crippen LogP) is -0.900. The van der Waals surface area contributed by atoms with Gasteiger partial charge in [-0.2, -0.15) is 0 Å².